The summed E-state index contributed by atoms with van der Waals surface area (Å²) in [6.45, 7) is 2.32. The zero-order valence-corrected chi connectivity index (χ0v) is 16.0. The first kappa shape index (κ1) is 18.7. The monoisotopic (exact) mass is 393 g/mol. The third kappa shape index (κ3) is 3.83. The van der Waals surface area contributed by atoms with Crippen molar-refractivity contribution in [1.29, 1.82) is 0 Å². The number of amides is 2. The predicted octanol–water partition coefficient (Wildman–Crippen LogP) is 2.13. The van der Waals surface area contributed by atoms with Crippen LogP contribution in [-0.4, -0.2) is 48.4 Å². The lowest BCUT2D eigenvalue weighted by Crippen LogP contribution is -2.66. The van der Waals surface area contributed by atoms with Crippen LogP contribution in [0.1, 0.15) is 31.2 Å². The molecule has 4 rings (SSSR count). The highest BCUT2D eigenvalue weighted by Crippen LogP contribution is 2.39. The minimum atomic E-state index is -0.416. The summed E-state index contributed by atoms with van der Waals surface area (Å²) in [7, 11) is 0. The number of carbonyl (C=O) groups excluding carboxylic acids is 2. The second-order valence-corrected chi connectivity index (χ2v) is 8.37. The molecule has 3 saturated heterocycles. The van der Waals surface area contributed by atoms with E-state index in [1.165, 1.54) is 18.2 Å². The highest BCUT2D eigenvalue weighted by atomic mass is 35.5. The lowest BCUT2D eigenvalue weighted by molar-refractivity contribution is -0.149. The highest BCUT2D eigenvalue weighted by molar-refractivity contribution is 6.31. The van der Waals surface area contributed by atoms with E-state index < -0.39 is 5.82 Å². The normalized spacial score (nSPS) is 30.0. The standard InChI is InChI=1S/C20H25ClFN3O2/c21-16-8-15(22)5-4-12(16)7-19(26)24-11-18-14-6-13(9-23-10-14)17-2-1-3-20(27)25(17)18/h4-5,8,13-14,17-18,23H,1-3,6-7,9-11H2,(H,24,26)/t13-,14+,17+,18+/m1/s1. The van der Waals surface area contributed by atoms with Crippen molar-refractivity contribution in [3.05, 3.63) is 34.6 Å². The van der Waals surface area contributed by atoms with Crippen LogP contribution in [0, 0.1) is 17.7 Å². The van der Waals surface area contributed by atoms with Gasteiger partial charge in [0.05, 0.1) is 12.5 Å². The third-order valence-electron chi connectivity index (χ3n) is 6.27. The first-order chi connectivity index (χ1) is 13.0. The molecule has 2 N–H and O–H groups in total. The van der Waals surface area contributed by atoms with Gasteiger partial charge in [-0.25, -0.2) is 4.39 Å². The van der Waals surface area contributed by atoms with Gasteiger partial charge in [0.25, 0.3) is 0 Å². The van der Waals surface area contributed by atoms with Gasteiger partial charge in [-0.2, -0.15) is 0 Å². The van der Waals surface area contributed by atoms with Gasteiger partial charge in [-0.3, -0.25) is 9.59 Å². The molecule has 0 unspecified atom stereocenters. The van der Waals surface area contributed by atoms with Crippen molar-refractivity contribution >= 4 is 23.4 Å². The maximum Gasteiger partial charge on any atom is 0.224 e. The van der Waals surface area contributed by atoms with Gasteiger partial charge in [0.1, 0.15) is 5.82 Å². The van der Waals surface area contributed by atoms with E-state index in [1.807, 2.05) is 0 Å². The molecule has 0 aromatic heterocycles. The van der Waals surface area contributed by atoms with E-state index in [9.17, 15) is 14.0 Å². The lowest BCUT2D eigenvalue weighted by Gasteiger charge is -2.54. The number of hydrogen-bond donors (Lipinski definition) is 2. The fourth-order valence-electron chi connectivity index (χ4n) is 5.02. The van der Waals surface area contributed by atoms with Crippen LogP contribution in [0.4, 0.5) is 4.39 Å². The molecule has 27 heavy (non-hydrogen) atoms. The molecule has 3 heterocycles. The summed E-state index contributed by atoms with van der Waals surface area (Å²) in [5.74, 6) is 0.550. The predicted molar refractivity (Wildman–Crippen MR) is 101 cm³/mol. The van der Waals surface area contributed by atoms with E-state index in [1.54, 1.807) is 0 Å². The van der Waals surface area contributed by atoms with Gasteiger partial charge < -0.3 is 15.5 Å². The van der Waals surface area contributed by atoms with Crippen LogP contribution >= 0.6 is 11.6 Å². The summed E-state index contributed by atoms with van der Waals surface area (Å²) in [6, 6.07) is 4.40. The molecule has 2 amide bonds. The number of rotatable bonds is 4. The number of piperidine rings is 3. The molecule has 3 aliphatic rings. The number of nitrogens with one attached hydrogen (secondary N) is 2. The third-order valence-corrected chi connectivity index (χ3v) is 6.63. The average Bonchev–Trinajstić information content (AvgIpc) is 2.65. The molecule has 0 aliphatic carbocycles. The number of benzene rings is 1. The Balaban J connectivity index is 1.42. The number of nitrogens with zero attached hydrogens (tertiary/aromatic N) is 1. The van der Waals surface area contributed by atoms with Crippen molar-refractivity contribution in [2.75, 3.05) is 19.6 Å². The lowest BCUT2D eigenvalue weighted by atomic mass is 9.72. The molecule has 1 aromatic carbocycles. The Kier molecular flexibility index (Phi) is 5.37. The quantitative estimate of drug-likeness (QED) is 0.823. The van der Waals surface area contributed by atoms with Crippen molar-refractivity contribution in [2.24, 2.45) is 11.8 Å². The number of fused-ring (bicyclic) bond motifs is 4. The molecular formula is C20H25ClFN3O2. The van der Waals surface area contributed by atoms with Crippen LogP contribution < -0.4 is 10.6 Å². The van der Waals surface area contributed by atoms with Gasteiger partial charge in [-0.15, -0.1) is 0 Å². The van der Waals surface area contributed by atoms with E-state index in [2.05, 4.69) is 15.5 Å². The Bertz CT molecular complexity index is 744. The summed E-state index contributed by atoms with van der Waals surface area (Å²) < 4.78 is 13.2. The van der Waals surface area contributed by atoms with Crippen LogP contribution in [0.25, 0.3) is 0 Å². The molecule has 2 bridgehead atoms. The fourth-order valence-corrected chi connectivity index (χ4v) is 5.25. The van der Waals surface area contributed by atoms with Gasteiger partial charge in [0.2, 0.25) is 11.8 Å². The SMILES string of the molecule is O=C(Cc1ccc(F)cc1Cl)NC[C@H]1[C@@H]2CNC[C@@H](C2)[C@@H]2CCCC(=O)N21. The van der Waals surface area contributed by atoms with E-state index in [4.69, 9.17) is 11.6 Å². The Hall–Kier alpha value is -1.66. The highest BCUT2D eigenvalue weighted by Gasteiger charge is 2.47. The van der Waals surface area contributed by atoms with Crippen molar-refractivity contribution in [1.82, 2.24) is 15.5 Å². The number of halogens is 2. The van der Waals surface area contributed by atoms with E-state index >= 15 is 0 Å². The molecule has 5 nitrogen and oxygen atoms in total. The minimum Gasteiger partial charge on any atom is -0.354 e. The van der Waals surface area contributed by atoms with E-state index in [0.717, 1.165) is 32.4 Å². The summed E-state index contributed by atoms with van der Waals surface area (Å²) in [4.78, 5) is 27.1. The Morgan fingerprint density at radius 3 is 2.96 bits per heavy atom. The Labute approximate surface area is 163 Å². The van der Waals surface area contributed by atoms with Crippen LogP contribution in [0.2, 0.25) is 5.02 Å². The topological polar surface area (TPSA) is 61.4 Å². The van der Waals surface area contributed by atoms with Gasteiger partial charge >= 0.3 is 0 Å². The van der Waals surface area contributed by atoms with Gasteiger partial charge in [-0.1, -0.05) is 17.7 Å². The van der Waals surface area contributed by atoms with Crippen molar-refractivity contribution < 1.29 is 14.0 Å². The molecule has 1 aromatic rings. The van der Waals surface area contributed by atoms with Gasteiger partial charge in [0.15, 0.2) is 0 Å². The fraction of sp³-hybridized carbons (Fsp3) is 0.600. The molecule has 3 fully saturated rings. The Morgan fingerprint density at radius 2 is 2.15 bits per heavy atom. The molecule has 7 heteroatoms. The van der Waals surface area contributed by atoms with Crippen LogP contribution in [0.3, 0.4) is 0 Å². The summed E-state index contributed by atoms with van der Waals surface area (Å²) in [6.07, 6.45) is 3.85. The maximum atomic E-state index is 13.2. The molecule has 4 atom stereocenters. The summed E-state index contributed by atoms with van der Waals surface area (Å²) in [5.41, 5.74) is 0.602. The first-order valence-electron chi connectivity index (χ1n) is 9.75. The molecule has 146 valence electrons. The molecule has 0 saturated carbocycles. The van der Waals surface area contributed by atoms with E-state index in [0.29, 0.717) is 36.4 Å². The average molecular weight is 394 g/mol. The largest absolute Gasteiger partial charge is 0.354 e. The van der Waals surface area contributed by atoms with Gasteiger partial charge in [-0.05, 0) is 55.3 Å². The zero-order valence-electron chi connectivity index (χ0n) is 15.2. The summed E-state index contributed by atoms with van der Waals surface area (Å²) >= 11 is 6.02. The summed E-state index contributed by atoms with van der Waals surface area (Å²) in [5, 5.41) is 6.75. The van der Waals surface area contributed by atoms with Gasteiger partial charge in [0, 0.05) is 30.6 Å². The smallest absolute Gasteiger partial charge is 0.224 e. The second-order valence-electron chi connectivity index (χ2n) is 7.96. The van der Waals surface area contributed by atoms with Crippen molar-refractivity contribution in [3.63, 3.8) is 0 Å². The molecular weight excluding hydrogens is 369 g/mol. The molecule has 3 aliphatic heterocycles. The van der Waals surface area contributed by atoms with Crippen molar-refractivity contribution in [2.45, 2.75) is 44.2 Å². The second kappa shape index (κ2) is 7.76. The van der Waals surface area contributed by atoms with Crippen LogP contribution in [0.5, 0.6) is 0 Å². The molecule has 0 radical (unpaired) electrons. The van der Waals surface area contributed by atoms with Crippen molar-refractivity contribution in [3.8, 4) is 0 Å². The maximum absolute atomic E-state index is 13.2. The Morgan fingerprint density at radius 1 is 1.33 bits per heavy atom. The first-order valence-corrected chi connectivity index (χ1v) is 10.1. The molecule has 0 spiro atoms. The zero-order chi connectivity index (χ0) is 19.0. The van der Waals surface area contributed by atoms with Crippen LogP contribution in [-0.2, 0) is 16.0 Å². The number of carbonyl (C=O) groups is 2. The minimum absolute atomic E-state index is 0.0412. The number of hydrogen-bond acceptors (Lipinski definition) is 3. The van der Waals surface area contributed by atoms with E-state index in [-0.39, 0.29) is 29.3 Å². The van der Waals surface area contributed by atoms with Crippen LogP contribution in [0.15, 0.2) is 18.2 Å².